The summed E-state index contributed by atoms with van der Waals surface area (Å²) in [5.74, 6) is 0.00651. The Bertz CT molecular complexity index is 347. The SMILES string of the molecule is CCC(CN)C(=O)NCCc1ccc(Br)cc1. The van der Waals surface area contributed by atoms with E-state index in [2.05, 4.69) is 33.4 Å². The van der Waals surface area contributed by atoms with Gasteiger partial charge in [-0.2, -0.15) is 0 Å². The van der Waals surface area contributed by atoms with Crippen molar-refractivity contribution < 1.29 is 4.79 Å². The van der Waals surface area contributed by atoms with E-state index in [0.29, 0.717) is 13.1 Å². The number of halogens is 1. The molecule has 3 nitrogen and oxygen atoms in total. The molecule has 3 N–H and O–H groups in total. The maximum Gasteiger partial charge on any atom is 0.224 e. The van der Waals surface area contributed by atoms with Crippen LogP contribution >= 0.6 is 15.9 Å². The normalized spacial score (nSPS) is 12.2. The van der Waals surface area contributed by atoms with Crippen molar-refractivity contribution in [3.05, 3.63) is 34.3 Å². The maximum atomic E-state index is 11.7. The Kier molecular flexibility index (Phi) is 6.22. The van der Waals surface area contributed by atoms with Crippen LogP contribution in [0.1, 0.15) is 18.9 Å². The lowest BCUT2D eigenvalue weighted by Gasteiger charge is -2.12. The first-order chi connectivity index (χ1) is 8.17. The Balaban J connectivity index is 2.32. The van der Waals surface area contributed by atoms with Crippen LogP contribution in [0.15, 0.2) is 28.7 Å². The van der Waals surface area contributed by atoms with Crippen molar-refractivity contribution in [3.8, 4) is 0 Å². The smallest absolute Gasteiger partial charge is 0.224 e. The minimum absolute atomic E-state index is 0.0556. The topological polar surface area (TPSA) is 55.1 Å². The third-order valence-corrected chi connectivity index (χ3v) is 3.30. The fourth-order valence-corrected chi connectivity index (χ4v) is 1.85. The van der Waals surface area contributed by atoms with Gasteiger partial charge in [-0.05, 0) is 30.5 Å². The molecule has 0 aliphatic heterocycles. The predicted molar refractivity (Wildman–Crippen MR) is 73.7 cm³/mol. The highest BCUT2D eigenvalue weighted by molar-refractivity contribution is 9.10. The van der Waals surface area contributed by atoms with Crippen LogP contribution in [0.4, 0.5) is 0 Å². The second-order valence-electron chi connectivity index (χ2n) is 4.01. The fraction of sp³-hybridized carbons (Fsp3) is 0.462. The Labute approximate surface area is 111 Å². The highest BCUT2D eigenvalue weighted by Crippen LogP contribution is 2.10. The molecule has 1 aromatic rings. The van der Waals surface area contributed by atoms with E-state index < -0.39 is 0 Å². The summed E-state index contributed by atoms with van der Waals surface area (Å²) in [6.45, 7) is 3.06. The Hall–Kier alpha value is -0.870. The van der Waals surface area contributed by atoms with Gasteiger partial charge < -0.3 is 11.1 Å². The lowest BCUT2D eigenvalue weighted by molar-refractivity contribution is -0.124. The molecule has 0 fully saturated rings. The first kappa shape index (κ1) is 14.2. The molecule has 1 amide bonds. The monoisotopic (exact) mass is 298 g/mol. The van der Waals surface area contributed by atoms with E-state index >= 15 is 0 Å². The Morgan fingerprint density at radius 1 is 1.41 bits per heavy atom. The first-order valence-electron chi connectivity index (χ1n) is 5.89. The number of rotatable bonds is 6. The van der Waals surface area contributed by atoms with Crippen LogP contribution in [-0.2, 0) is 11.2 Å². The van der Waals surface area contributed by atoms with Gasteiger partial charge in [0, 0.05) is 23.5 Å². The summed E-state index contributed by atoms with van der Waals surface area (Å²) in [6.07, 6.45) is 1.64. The second-order valence-corrected chi connectivity index (χ2v) is 4.92. The zero-order valence-electron chi connectivity index (χ0n) is 10.1. The molecule has 0 heterocycles. The number of amides is 1. The molecular weight excluding hydrogens is 280 g/mol. The molecule has 1 aromatic carbocycles. The van der Waals surface area contributed by atoms with Gasteiger partial charge in [-0.1, -0.05) is 35.0 Å². The molecule has 0 radical (unpaired) electrons. The van der Waals surface area contributed by atoms with E-state index in [1.54, 1.807) is 0 Å². The summed E-state index contributed by atoms with van der Waals surface area (Å²) in [5, 5.41) is 2.92. The van der Waals surface area contributed by atoms with Gasteiger partial charge in [0.15, 0.2) is 0 Å². The second kappa shape index (κ2) is 7.45. The van der Waals surface area contributed by atoms with E-state index in [1.807, 2.05) is 19.1 Å². The number of benzene rings is 1. The zero-order chi connectivity index (χ0) is 12.7. The summed E-state index contributed by atoms with van der Waals surface area (Å²) in [6, 6.07) is 8.12. The predicted octanol–water partition coefficient (Wildman–Crippen LogP) is 2.09. The van der Waals surface area contributed by atoms with Gasteiger partial charge in [-0.15, -0.1) is 0 Å². The van der Waals surface area contributed by atoms with E-state index in [0.717, 1.165) is 17.3 Å². The molecule has 1 atom stereocenters. The van der Waals surface area contributed by atoms with Gasteiger partial charge in [0.05, 0.1) is 0 Å². The molecule has 1 unspecified atom stereocenters. The number of carbonyl (C=O) groups excluding carboxylic acids is 1. The summed E-state index contributed by atoms with van der Waals surface area (Å²) < 4.78 is 1.07. The molecule has 0 aliphatic carbocycles. The molecular formula is C13H19BrN2O. The van der Waals surface area contributed by atoms with Crippen molar-refractivity contribution in [2.24, 2.45) is 11.7 Å². The lowest BCUT2D eigenvalue weighted by atomic mass is 10.1. The van der Waals surface area contributed by atoms with Crippen LogP contribution in [0, 0.1) is 5.92 Å². The van der Waals surface area contributed by atoms with Crippen molar-refractivity contribution >= 4 is 21.8 Å². The summed E-state index contributed by atoms with van der Waals surface area (Å²) >= 11 is 3.39. The molecule has 0 spiro atoms. The van der Waals surface area contributed by atoms with E-state index in [-0.39, 0.29) is 11.8 Å². The van der Waals surface area contributed by atoms with E-state index in [9.17, 15) is 4.79 Å². The molecule has 0 saturated carbocycles. The average Bonchev–Trinajstić information content (AvgIpc) is 2.33. The standard InChI is InChI=1S/C13H19BrN2O/c1-2-11(9-15)13(17)16-8-7-10-3-5-12(14)6-4-10/h3-6,11H,2,7-9,15H2,1H3,(H,16,17). The molecule has 0 aromatic heterocycles. The molecule has 0 bridgehead atoms. The summed E-state index contributed by atoms with van der Waals surface area (Å²) in [4.78, 5) is 11.7. The zero-order valence-corrected chi connectivity index (χ0v) is 11.7. The largest absolute Gasteiger partial charge is 0.355 e. The Morgan fingerprint density at radius 3 is 2.59 bits per heavy atom. The van der Waals surface area contributed by atoms with Crippen molar-refractivity contribution in [2.45, 2.75) is 19.8 Å². The number of hydrogen-bond acceptors (Lipinski definition) is 2. The molecule has 4 heteroatoms. The van der Waals surface area contributed by atoms with Gasteiger partial charge in [-0.3, -0.25) is 4.79 Å². The van der Waals surface area contributed by atoms with Crippen molar-refractivity contribution in [2.75, 3.05) is 13.1 Å². The van der Waals surface area contributed by atoms with Gasteiger partial charge in [0.25, 0.3) is 0 Å². The third-order valence-electron chi connectivity index (χ3n) is 2.77. The molecule has 0 saturated heterocycles. The van der Waals surface area contributed by atoms with Crippen LogP contribution in [0.25, 0.3) is 0 Å². The number of nitrogens with two attached hydrogens (primary N) is 1. The lowest BCUT2D eigenvalue weighted by Crippen LogP contribution is -2.35. The minimum atomic E-state index is -0.0556. The number of hydrogen-bond donors (Lipinski definition) is 2. The van der Waals surface area contributed by atoms with Crippen molar-refractivity contribution in [1.82, 2.24) is 5.32 Å². The van der Waals surface area contributed by atoms with Crippen LogP contribution in [0.2, 0.25) is 0 Å². The molecule has 0 aliphatic rings. The van der Waals surface area contributed by atoms with Gasteiger partial charge >= 0.3 is 0 Å². The number of nitrogens with one attached hydrogen (secondary N) is 1. The molecule has 94 valence electrons. The van der Waals surface area contributed by atoms with E-state index in [4.69, 9.17) is 5.73 Å². The van der Waals surface area contributed by atoms with Crippen LogP contribution in [0.5, 0.6) is 0 Å². The Morgan fingerprint density at radius 2 is 2.06 bits per heavy atom. The van der Waals surface area contributed by atoms with Crippen molar-refractivity contribution in [3.63, 3.8) is 0 Å². The number of carbonyl (C=O) groups is 1. The highest BCUT2D eigenvalue weighted by Gasteiger charge is 2.13. The van der Waals surface area contributed by atoms with Crippen molar-refractivity contribution in [1.29, 1.82) is 0 Å². The quantitative estimate of drug-likeness (QED) is 0.845. The van der Waals surface area contributed by atoms with E-state index in [1.165, 1.54) is 5.56 Å². The van der Waals surface area contributed by atoms with Crippen LogP contribution in [-0.4, -0.2) is 19.0 Å². The summed E-state index contributed by atoms with van der Waals surface area (Å²) in [5.41, 5.74) is 6.73. The summed E-state index contributed by atoms with van der Waals surface area (Å²) in [7, 11) is 0. The molecule has 17 heavy (non-hydrogen) atoms. The van der Waals surface area contributed by atoms with Gasteiger partial charge in [0.1, 0.15) is 0 Å². The third kappa shape index (κ3) is 4.88. The first-order valence-corrected chi connectivity index (χ1v) is 6.69. The van der Waals surface area contributed by atoms with Crippen LogP contribution in [0.3, 0.4) is 0 Å². The average molecular weight is 299 g/mol. The van der Waals surface area contributed by atoms with Crippen LogP contribution < -0.4 is 11.1 Å². The minimum Gasteiger partial charge on any atom is -0.355 e. The van der Waals surface area contributed by atoms with Gasteiger partial charge in [-0.25, -0.2) is 0 Å². The molecule has 1 rings (SSSR count). The van der Waals surface area contributed by atoms with Gasteiger partial charge in [0.2, 0.25) is 5.91 Å². The highest BCUT2D eigenvalue weighted by atomic mass is 79.9. The fourth-order valence-electron chi connectivity index (χ4n) is 1.58. The maximum absolute atomic E-state index is 11.7.